The van der Waals surface area contributed by atoms with Crippen molar-refractivity contribution in [3.05, 3.63) is 41.0 Å². The van der Waals surface area contributed by atoms with Gasteiger partial charge in [0.1, 0.15) is 4.75 Å². The molecule has 2 aliphatic carbocycles. The van der Waals surface area contributed by atoms with Crippen LogP contribution in [0.25, 0.3) is 0 Å². The number of hydrogen-bond donors (Lipinski definition) is 2. The third kappa shape index (κ3) is 6.70. The van der Waals surface area contributed by atoms with Crippen LogP contribution in [0, 0.1) is 5.92 Å². The number of carbonyl (C=O) groups is 2. The molecule has 190 valence electrons. The van der Waals surface area contributed by atoms with Crippen LogP contribution in [0.2, 0.25) is 5.02 Å². The van der Waals surface area contributed by atoms with Gasteiger partial charge in [0.25, 0.3) is 0 Å². The molecule has 1 aromatic carbocycles. The normalized spacial score (nSPS) is 21.2. The molecule has 2 N–H and O–H groups in total. The second-order valence-corrected chi connectivity index (χ2v) is 12.5. The maximum Gasteiger partial charge on any atom is 0.323 e. The number of anilines is 1. The van der Waals surface area contributed by atoms with Crippen molar-refractivity contribution >= 4 is 51.8 Å². The number of urea groups is 1. The lowest BCUT2D eigenvalue weighted by Crippen LogP contribution is -2.46. The summed E-state index contributed by atoms with van der Waals surface area (Å²) in [6.07, 6.45) is 8.05. The molecule has 0 saturated heterocycles. The molecule has 1 aromatic heterocycles. The van der Waals surface area contributed by atoms with Crippen molar-refractivity contribution in [2.24, 2.45) is 5.92 Å². The quantitative estimate of drug-likeness (QED) is 0.335. The Kier molecular flexibility index (Phi) is 8.97. The second-order valence-electron chi connectivity index (χ2n) is 9.42. The molecular weight excluding hydrogens is 506 g/mol. The van der Waals surface area contributed by atoms with E-state index in [9.17, 15) is 14.7 Å². The molecule has 0 radical (unpaired) electrons. The Hall–Kier alpha value is -1.81. The zero-order valence-corrected chi connectivity index (χ0v) is 22.3. The van der Waals surface area contributed by atoms with E-state index in [0.717, 1.165) is 41.9 Å². The molecule has 0 spiro atoms. The first-order chi connectivity index (χ1) is 16.9. The number of thiazole rings is 1. The molecule has 4 rings (SSSR count). The van der Waals surface area contributed by atoms with Crippen molar-refractivity contribution in [2.75, 3.05) is 18.5 Å². The molecule has 2 saturated carbocycles. The lowest BCUT2D eigenvalue weighted by atomic mass is 9.84. The number of carboxylic acids is 1. The summed E-state index contributed by atoms with van der Waals surface area (Å²) in [7, 11) is 0. The molecule has 2 aliphatic rings. The van der Waals surface area contributed by atoms with Crippen LogP contribution in [-0.4, -0.2) is 50.9 Å². The van der Waals surface area contributed by atoms with Crippen molar-refractivity contribution in [3.8, 4) is 0 Å². The number of ether oxygens (including phenoxy) is 1. The number of carbonyl (C=O) groups excluding carboxylic acids is 1. The molecule has 2 fully saturated rings. The number of nitrogens with zero attached hydrogens (tertiary/aromatic N) is 2. The topological polar surface area (TPSA) is 91.8 Å². The molecule has 0 bridgehead atoms. The highest BCUT2D eigenvalue weighted by Crippen LogP contribution is 2.49. The fraction of sp³-hybridized carbons (Fsp3) is 0.560. The van der Waals surface area contributed by atoms with Crippen LogP contribution < -0.4 is 5.32 Å². The number of thioether (sulfide) groups is 1. The van der Waals surface area contributed by atoms with Crippen LogP contribution in [-0.2, 0) is 16.1 Å². The SMILES string of the molecule is CC1CCC(N(CCOCc2ccccc2Cl)C(=O)Nc2ncc(SC3(C(=O)O)CCC3)s2)CC1. The second kappa shape index (κ2) is 12.0. The minimum Gasteiger partial charge on any atom is -0.480 e. The average molecular weight is 538 g/mol. The lowest BCUT2D eigenvalue weighted by Gasteiger charge is -2.36. The first-order valence-corrected chi connectivity index (χ1v) is 14.1. The predicted molar refractivity (Wildman–Crippen MR) is 140 cm³/mol. The Morgan fingerprint density at radius 3 is 2.69 bits per heavy atom. The third-order valence-electron chi connectivity index (χ3n) is 6.92. The highest BCUT2D eigenvalue weighted by Gasteiger charge is 2.46. The molecule has 2 amide bonds. The van der Waals surface area contributed by atoms with Gasteiger partial charge >= 0.3 is 12.0 Å². The molecule has 1 heterocycles. The van der Waals surface area contributed by atoms with E-state index in [4.69, 9.17) is 16.3 Å². The first-order valence-electron chi connectivity index (χ1n) is 12.1. The van der Waals surface area contributed by atoms with Crippen LogP contribution in [0.5, 0.6) is 0 Å². The first kappa shape index (κ1) is 26.3. The highest BCUT2D eigenvalue weighted by molar-refractivity contribution is 8.03. The van der Waals surface area contributed by atoms with Gasteiger partial charge < -0.3 is 14.7 Å². The summed E-state index contributed by atoms with van der Waals surface area (Å²) in [5, 5.41) is 13.7. The number of rotatable bonds is 10. The smallest absolute Gasteiger partial charge is 0.323 e. The third-order valence-corrected chi connectivity index (χ3v) is 9.78. The summed E-state index contributed by atoms with van der Waals surface area (Å²) in [6, 6.07) is 7.57. The van der Waals surface area contributed by atoms with E-state index in [0.29, 0.717) is 48.7 Å². The van der Waals surface area contributed by atoms with E-state index in [1.807, 2.05) is 29.2 Å². The molecule has 10 heteroatoms. The van der Waals surface area contributed by atoms with Gasteiger partial charge in [0.15, 0.2) is 5.13 Å². The zero-order valence-electron chi connectivity index (χ0n) is 19.9. The standard InChI is InChI=1S/C25H32ClN3O4S2/c1-17-7-9-19(10-8-17)29(13-14-33-16-18-5-2-3-6-20(18)26)24(32)28-23-27-15-21(34-23)35-25(22(30)31)11-4-12-25/h2-3,5-6,15,17,19H,4,7-14,16H2,1H3,(H,30,31)(H,27,28,32). The zero-order chi connectivity index (χ0) is 24.8. The van der Waals surface area contributed by atoms with Crippen molar-refractivity contribution in [2.45, 2.75) is 73.5 Å². The number of hydrogen-bond acceptors (Lipinski definition) is 6. The Labute approximate surface area is 219 Å². The largest absolute Gasteiger partial charge is 0.480 e. The van der Waals surface area contributed by atoms with Crippen molar-refractivity contribution in [1.29, 1.82) is 0 Å². The number of halogens is 1. The van der Waals surface area contributed by atoms with Gasteiger partial charge in [0.2, 0.25) is 0 Å². The molecule has 7 nitrogen and oxygen atoms in total. The number of nitrogens with one attached hydrogen (secondary N) is 1. The van der Waals surface area contributed by atoms with Gasteiger partial charge in [0.05, 0.1) is 23.6 Å². The van der Waals surface area contributed by atoms with Crippen molar-refractivity contribution in [1.82, 2.24) is 9.88 Å². The minimum atomic E-state index is -0.776. The molecule has 0 atom stereocenters. The van der Waals surface area contributed by atoms with Gasteiger partial charge in [-0.25, -0.2) is 9.78 Å². The van der Waals surface area contributed by atoms with Gasteiger partial charge in [-0.2, -0.15) is 0 Å². The van der Waals surface area contributed by atoms with Gasteiger partial charge in [-0.05, 0) is 62.5 Å². The number of benzene rings is 1. The van der Waals surface area contributed by atoms with Crippen LogP contribution in [0.15, 0.2) is 34.7 Å². The number of aliphatic carboxylic acids is 1. The summed E-state index contributed by atoms with van der Waals surface area (Å²) in [5.74, 6) is -0.0959. The molecule has 0 unspecified atom stereocenters. The predicted octanol–water partition coefficient (Wildman–Crippen LogP) is 6.53. The number of aromatic nitrogens is 1. The lowest BCUT2D eigenvalue weighted by molar-refractivity contribution is -0.142. The summed E-state index contributed by atoms with van der Waals surface area (Å²) in [6.45, 7) is 3.54. The fourth-order valence-corrected chi connectivity index (χ4v) is 7.22. The van der Waals surface area contributed by atoms with Crippen LogP contribution in [0.4, 0.5) is 9.93 Å². The van der Waals surface area contributed by atoms with Crippen LogP contribution in [0.3, 0.4) is 0 Å². The van der Waals surface area contributed by atoms with E-state index in [1.54, 1.807) is 6.20 Å². The van der Waals surface area contributed by atoms with Crippen LogP contribution in [0.1, 0.15) is 57.4 Å². The summed E-state index contributed by atoms with van der Waals surface area (Å²) >= 11 is 8.90. The van der Waals surface area contributed by atoms with E-state index < -0.39 is 10.7 Å². The molecule has 35 heavy (non-hydrogen) atoms. The van der Waals surface area contributed by atoms with Crippen molar-refractivity contribution < 1.29 is 19.4 Å². The summed E-state index contributed by atoms with van der Waals surface area (Å²) in [5.41, 5.74) is 0.926. The van der Waals surface area contributed by atoms with E-state index >= 15 is 0 Å². The summed E-state index contributed by atoms with van der Waals surface area (Å²) in [4.78, 5) is 31.2. The fourth-order valence-electron chi connectivity index (χ4n) is 4.54. The minimum absolute atomic E-state index is 0.161. The van der Waals surface area contributed by atoms with E-state index in [2.05, 4.69) is 17.2 Å². The number of carboxylic acid groups (broad SMARTS) is 1. The van der Waals surface area contributed by atoms with E-state index in [-0.39, 0.29) is 12.1 Å². The Balaban J connectivity index is 1.35. The molecule has 2 aromatic rings. The number of amides is 2. The Morgan fingerprint density at radius 2 is 2.03 bits per heavy atom. The Morgan fingerprint density at radius 1 is 1.29 bits per heavy atom. The summed E-state index contributed by atoms with van der Waals surface area (Å²) < 4.78 is 5.92. The van der Waals surface area contributed by atoms with Crippen LogP contribution >= 0.6 is 34.7 Å². The Bertz CT molecular complexity index is 1020. The van der Waals surface area contributed by atoms with Gasteiger partial charge in [0, 0.05) is 17.6 Å². The molecule has 0 aliphatic heterocycles. The van der Waals surface area contributed by atoms with Gasteiger partial charge in [-0.1, -0.05) is 59.8 Å². The van der Waals surface area contributed by atoms with Gasteiger partial charge in [-0.15, -0.1) is 0 Å². The highest BCUT2D eigenvalue weighted by atomic mass is 35.5. The maximum atomic E-state index is 13.3. The monoisotopic (exact) mass is 537 g/mol. The van der Waals surface area contributed by atoms with Gasteiger partial charge in [-0.3, -0.25) is 10.1 Å². The van der Waals surface area contributed by atoms with E-state index in [1.165, 1.54) is 23.1 Å². The molecular formula is C25H32ClN3O4S2. The van der Waals surface area contributed by atoms with Crippen molar-refractivity contribution in [3.63, 3.8) is 0 Å². The maximum absolute atomic E-state index is 13.3. The average Bonchev–Trinajstić information content (AvgIpc) is 3.24.